The van der Waals surface area contributed by atoms with Crippen molar-refractivity contribution in [3.05, 3.63) is 35.9 Å². The molecule has 3 nitrogen and oxygen atoms in total. The third-order valence-electron chi connectivity index (χ3n) is 3.84. The number of rotatable bonds is 3. The van der Waals surface area contributed by atoms with Crippen LogP contribution in [0.5, 0.6) is 0 Å². The molecule has 0 radical (unpaired) electrons. The van der Waals surface area contributed by atoms with Crippen molar-refractivity contribution in [3.63, 3.8) is 0 Å². The van der Waals surface area contributed by atoms with Crippen LogP contribution >= 0.6 is 0 Å². The molecule has 0 spiro atoms. The summed E-state index contributed by atoms with van der Waals surface area (Å²) in [7, 11) is 0. The van der Waals surface area contributed by atoms with Gasteiger partial charge in [0.15, 0.2) is 0 Å². The number of carbonyl (C=O) groups is 1. The quantitative estimate of drug-likeness (QED) is 0.885. The van der Waals surface area contributed by atoms with Gasteiger partial charge in [0, 0.05) is 24.9 Å². The highest BCUT2D eigenvalue weighted by Crippen LogP contribution is 2.26. The number of carbonyl (C=O) groups excluding carboxylic acids is 1. The maximum atomic E-state index is 11.5. The first-order valence-corrected chi connectivity index (χ1v) is 6.73. The summed E-state index contributed by atoms with van der Waals surface area (Å²) in [5.41, 5.74) is 1.22. The van der Waals surface area contributed by atoms with Gasteiger partial charge in [0.1, 0.15) is 5.78 Å². The first kappa shape index (κ1) is 11.9. The maximum Gasteiger partial charge on any atom is 0.136 e. The second-order valence-corrected chi connectivity index (χ2v) is 5.40. The highest BCUT2D eigenvalue weighted by molar-refractivity contribution is 5.80. The molecule has 2 fully saturated rings. The molecule has 1 aromatic carbocycles. The molecule has 3 rings (SSSR count). The predicted octanol–water partition coefficient (Wildman–Crippen LogP) is 2.06. The van der Waals surface area contributed by atoms with Gasteiger partial charge in [0.25, 0.3) is 0 Å². The summed E-state index contributed by atoms with van der Waals surface area (Å²) in [6, 6.07) is 10.9. The van der Waals surface area contributed by atoms with Crippen molar-refractivity contribution in [1.82, 2.24) is 5.32 Å². The molecule has 2 aliphatic rings. The Labute approximate surface area is 108 Å². The van der Waals surface area contributed by atoms with E-state index in [9.17, 15) is 4.79 Å². The van der Waals surface area contributed by atoms with E-state index in [4.69, 9.17) is 4.74 Å². The molecular weight excluding hydrogens is 226 g/mol. The van der Waals surface area contributed by atoms with E-state index in [2.05, 4.69) is 17.4 Å². The summed E-state index contributed by atoms with van der Waals surface area (Å²) in [5.74, 6) is 0.408. The zero-order valence-electron chi connectivity index (χ0n) is 10.5. The minimum atomic E-state index is 0.301. The van der Waals surface area contributed by atoms with Crippen LogP contribution < -0.4 is 5.32 Å². The average molecular weight is 245 g/mol. The topological polar surface area (TPSA) is 38.3 Å². The van der Waals surface area contributed by atoms with Crippen LogP contribution in [0.15, 0.2) is 30.3 Å². The Morgan fingerprint density at radius 1 is 1.11 bits per heavy atom. The molecule has 2 unspecified atom stereocenters. The van der Waals surface area contributed by atoms with E-state index < -0.39 is 0 Å². The molecule has 0 amide bonds. The fourth-order valence-corrected chi connectivity index (χ4v) is 3.04. The Morgan fingerprint density at radius 2 is 1.78 bits per heavy atom. The second-order valence-electron chi connectivity index (χ2n) is 5.40. The van der Waals surface area contributed by atoms with Gasteiger partial charge in [0.05, 0.1) is 12.7 Å². The van der Waals surface area contributed by atoms with Crippen molar-refractivity contribution >= 4 is 5.78 Å². The second kappa shape index (κ2) is 5.21. The molecule has 0 aromatic heterocycles. The number of piperidine rings is 2. The fourth-order valence-electron chi connectivity index (χ4n) is 3.04. The minimum absolute atomic E-state index is 0.301. The number of hydrogen-bond acceptors (Lipinski definition) is 3. The normalized spacial score (nSPS) is 31.3. The smallest absolute Gasteiger partial charge is 0.136 e. The first-order chi connectivity index (χ1) is 8.79. The highest BCUT2D eigenvalue weighted by Gasteiger charge is 2.34. The first-order valence-electron chi connectivity index (χ1n) is 6.73. The maximum absolute atomic E-state index is 11.5. The lowest BCUT2D eigenvalue weighted by Gasteiger charge is -2.39. The Balaban J connectivity index is 1.54. The van der Waals surface area contributed by atoms with Crippen LogP contribution in [-0.2, 0) is 16.1 Å². The monoisotopic (exact) mass is 245 g/mol. The molecule has 0 aliphatic carbocycles. The van der Waals surface area contributed by atoms with Gasteiger partial charge in [-0.1, -0.05) is 30.3 Å². The third kappa shape index (κ3) is 2.79. The number of benzene rings is 1. The van der Waals surface area contributed by atoms with Gasteiger partial charge < -0.3 is 10.1 Å². The van der Waals surface area contributed by atoms with E-state index in [1.54, 1.807) is 0 Å². The summed E-state index contributed by atoms with van der Waals surface area (Å²) < 4.78 is 5.99. The van der Waals surface area contributed by atoms with Gasteiger partial charge in [-0.15, -0.1) is 0 Å². The number of nitrogens with one attached hydrogen (secondary N) is 1. The van der Waals surface area contributed by atoms with Crippen molar-refractivity contribution in [2.75, 3.05) is 0 Å². The Bertz CT molecular complexity index is 402. The Morgan fingerprint density at radius 3 is 2.44 bits per heavy atom. The Hall–Kier alpha value is -1.19. The van der Waals surface area contributed by atoms with Crippen LogP contribution in [0, 0.1) is 0 Å². The standard InChI is InChI=1S/C15H19NO2/c17-14-6-12-8-15(9-13(7-14)16-12)18-10-11-4-2-1-3-5-11/h1-5,12-13,15-16H,6-10H2. The van der Waals surface area contributed by atoms with Crippen molar-refractivity contribution in [1.29, 1.82) is 0 Å². The van der Waals surface area contributed by atoms with Gasteiger partial charge in [0.2, 0.25) is 0 Å². The number of fused-ring (bicyclic) bond motifs is 2. The number of Topliss-reactive ketones (excluding diaryl/α,β-unsaturated/α-hetero) is 1. The van der Waals surface area contributed by atoms with Gasteiger partial charge in [-0.05, 0) is 18.4 Å². The van der Waals surface area contributed by atoms with Gasteiger partial charge in [-0.2, -0.15) is 0 Å². The van der Waals surface area contributed by atoms with Gasteiger partial charge in [-0.3, -0.25) is 4.79 Å². The van der Waals surface area contributed by atoms with Crippen LogP contribution in [0.3, 0.4) is 0 Å². The van der Waals surface area contributed by atoms with Gasteiger partial charge in [-0.25, -0.2) is 0 Å². The third-order valence-corrected chi connectivity index (χ3v) is 3.84. The van der Waals surface area contributed by atoms with Crippen LogP contribution in [0.1, 0.15) is 31.2 Å². The molecule has 96 valence electrons. The fraction of sp³-hybridized carbons (Fsp3) is 0.533. The highest BCUT2D eigenvalue weighted by atomic mass is 16.5. The van der Waals surface area contributed by atoms with Crippen molar-refractivity contribution < 1.29 is 9.53 Å². The summed E-state index contributed by atoms with van der Waals surface area (Å²) in [4.78, 5) is 11.5. The molecular formula is C15H19NO2. The van der Waals surface area contributed by atoms with E-state index in [0.717, 1.165) is 12.8 Å². The molecule has 1 N–H and O–H groups in total. The van der Waals surface area contributed by atoms with Crippen molar-refractivity contribution in [3.8, 4) is 0 Å². The van der Waals surface area contributed by atoms with E-state index in [0.29, 0.717) is 43.4 Å². The Kier molecular flexibility index (Phi) is 3.43. The summed E-state index contributed by atoms with van der Waals surface area (Å²) >= 11 is 0. The molecule has 2 saturated heterocycles. The molecule has 3 heteroatoms. The lowest BCUT2D eigenvalue weighted by molar-refractivity contribution is -0.124. The summed E-state index contributed by atoms with van der Waals surface area (Å²) in [5, 5.41) is 3.51. The van der Waals surface area contributed by atoms with Crippen LogP contribution in [0.4, 0.5) is 0 Å². The largest absolute Gasteiger partial charge is 0.373 e. The lowest BCUT2D eigenvalue weighted by Crippen LogP contribution is -2.53. The van der Waals surface area contributed by atoms with Crippen LogP contribution in [0.25, 0.3) is 0 Å². The van der Waals surface area contributed by atoms with E-state index in [1.807, 2.05) is 18.2 Å². The van der Waals surface area contributed by atoms with E-state index in [-0.39, 0.29) is 0 Å². The molecule has 2 heterocycles. The van der Waals surface area contributed by atoms with Gasteiger partial charge >= 0.3 is 0 Å². The van der Waals surface area contributed by atoms with E-state index >= 15 is 0 Å². The number of ketones is 1. The SMILES string of the molecule is O=C1CC2CC(OCc3ccccc3)CC(C1)N2. The summed E-state index contributed by atoms with van der Waals surface area (Å²) in [6.07, 6.45) is 3.60. The van der Waals surface area contributed by atoms with Crippen LogP contribution in [0.2, 0.25) is 0 Å². The zero-order valence-corrected chi connectivity index (χ0v) is 10.5. The number of ether oxygens (including phenoxy) is 1. The average Bonchev–Trinajstić information content (AvgIpc) is 2.36. The minimum Gasteiger partial charge on any atom is -0.373 e. The predicted molar refractivity (Wildman–Crippen MR) is 69.2 cm³/mol. The molecule has 1 aromatic rings. The molecule has 18 heavy (non-hydrogen) atoms. The van der Waals surface area contributed by atoms with E-state index in [1.165, 1.54) is 5.56 Å². The van der Waals surface area contributed by atoms with Crippen LogP contribution in [-0.4, -0.2) is 24.0 Å². The molecule has 2 bridgehead atoms. The summed E-state index contributed by atoms with van der Waals surface area (Å²) in [6.45, 7) is 0.679. The molecule has 2 aliphatic heterocycles. The van der Waals surface area contributed by atoms with Crippen molar-refractivity contribution in [2.24, 2.45) is 0 Å². The number of hydrogen-bond donors (Lipinski definition) is 1. The molecule has 2 atom stereocenters. The van der Waals surface area contributed by atoms with Crippen molar-refractivity contribution in [2.45, 2.75) is 50.5 Å². The molecule has 0 saturated carbocycles. The lowest BCUT2D eigenvalue weighted by atomic mass is 9.84. The zero-order chi connectivity index (χ0) is 12.4.